The summed E-state index contributed by atoms with van der Waals surface area (Å²) in [6, 6.07) is 14.5. The Bertz CT molecular complexity index is 1000. The highest BCUT2D eigenvalue weighted by Gasteiger charge is 2.23. The van der Waals surface area contributed by atoms with E-state index in [-0.39, 0.29) is 23.3 Å². The summed E-state index contributed by atoms with van der Waals surface area (Å²) >= 11 is 0. The summed E-state index contributed by atoms with van der Waals surface area (Å²) < 4.78 is 31.2. The van der Waals surface area contributed by atoms with Crippen LogP contribution in [0.3, 0.4) is 0 Å². The van der Waals surface area contributed by atoms with E-state index in [2.05, 4.69) is 22.3 Å². The van der Waals surface area contributed by atoms with Crippen molar-refractivity contribution in [1.29, 1.82) is 0 Å². The first kappa shape index (κ1) is 24.4. The average molecular weight is 460 g/mol. The van der Waals surface area contributed by atoms with Crippen LogP contribution >= 0.6 is 0 Å². The summed E-state index contributed by atoms with van der Waals surface area (Å²) in [7, 11) is 1.03. The van der Waals surface area contributed by atoms with Crippen LogP contribution in [-0.4, -0.2) is 70.8 Å². The number of nitrogens with zero attached hydrogens (tertiary/aromatic N) is 2. The quantitative estimate of drug-likeness (QED) is 0.551. The van der Waals surface area contributed by atoms with Crippen molar-refractivity contribution >= 4 is 15.8 Å². The molecule has 1 fully saturated rings. The number of benzene rings is 2. The molecule has 0 amide bonds. The van der Waals surface area contributed by atoms with Gasteiger partial charge in [0.2, 0.25) is 10.0 Å². The molecule has 0 radical (unpaired) electrons. The molecule has 0 spiro atoms. The lowest BCUT2D eigenvalue weighted by molar-refractivity contribution is 0.0983. The van der Waals surface area contributed by atoms with Gasteiger partial charge in [-0.3, -0.25) is 9.69 Å². The number of nitrogens with one attached hydrogen (secondary N) is 1. The lowest BCUT2D eigenvalue weighted by atomic mass is 10.0. The molecule has 174 valence electrons. The average Bonchev–Trinajstić information content (AvgIpc) is 2.82. The minimum absolute atomic E-state index is 0.123. The molecule has 0 aromatic heterocycles. The highest BCUT2D eigenvalue weighted by Crippen LogP contribution is 2.26. The third-order valence-corrected chi connectivity index (χ3v) is 7.70. The van der Waals surface area contributed by atoms with Crippen LogP contribution in [0.2, 0.25) is 0 Å². The number of ketones is 1. The maximum absolute atomic E-state index is 12.8. The third kappa shape index (κ3) is 5.95. The standard InChI is InChI=1S/C24H33N3O4S/c1-26(2)32(29,30)22-9-7-8-20(16-22)24(28)18-25-17-23(27-14-5-4-6-15-27)19-10-12-21(31-3)13-11-19/h7-13,16,23,25H,4-6,14-15,17-18H2,1-3H3. The maximum atomic E-state index is 12.8. The minimum Gasteiger partial charge on any atom is -0.497 e. The zero-order valence-electron chi connectivity index (χ0n) is 19.1. The molecule has 1 N–H and O–H groups in total. The van der Waals surface area contributed by atoms with Crippen molar-refractivity contribution in [2.45, 2.75) is 30.2 Å². The van der Waals surface area contributed by atoms with E-state index in [0.717, 1.165) is 23.1 Å². The SMILES string of the molecule is COc1ccc(C(CNCC(=O)c2cccc(S(=O)(=O)N(C)C)c2)N2CCCCC2)cc1. The Balaban J connectivity index is 1.68. The fourth-order valence-electron chi connectivity index (χ4n) is 3.98. The smallest absolute Gasteiger partial charge is 0.242 e. The Morgan fingerprint density at radius 1 is 1.09 bits per heavy atom. The van der Waals surface area contributed by atoms with Gasteiger partial charge < -0.3 is 10.1 Å². The van der Waals surface area contributed by atoms with E-state index < -0.39 is 10.0 Å². The summed E-state index contributed by atoms with van der Waals surface area (Å²) in [5.41, 5.74) is 1.58. The summed E-state index contributed by atoms with van der Waals surface area (Å²) in [5.74, 6) is 0.690. The molecule has 32 heavy (non-hydrogen) atoms. The molecule has 1 heterocycles. The first-order valence-corrected chi connectivity index (χ1v) is 12.4. The maximum Gasteiger partial charge on any atom is 0.242 e. The number of sulfonamides is 1. The monoisotopic (exact) mass is 459 g/mol. The summed E-state index contributed by atoms with van der Waals surface area (Å²) in [6.07, 6.45) is 3.61. The Hall–Kier alpha value is -2.26. The normalized spacial score (nSPS) is 16.1. The summed E-state index contributed by atoms with van der Waals surface area (Å²) in [4.78, 5) is 15.4. The molecule has 7 nitrogen and oxygen atoms in total. The minimum atomic E-state index is -3.58. The van der Waals surface area contributed by atoms with Gasteiger partial charge in [0.05, 0.1) is 18.6 Å². The van der Waals surface area contributed by atoms with E-state index in [0.29, 0.717) is 12.1 Å². The van der Waals surface area contributed by atoms with E-state index in [4.69, 9.17) is 4.74 Å². The summed E-state index contributed by atoms with van der Waals surface area (Å²) in [6.45, 7) is 2.85. The van der Waals surface area contributed by atoms with E-state index in [1.54, 1.807) is 19.2 Å². The predicted molar refractivity (Wildman–Crippen MR) is 126 cm³/mol. The van der Waals surface area contributed by atoms with Crippen LogP contribution in [0.4, 0.5) is 0 Å². The van der Waals surface area contributed by atoms with Gasteiger partial charge in [0, 0.05) is 32.2 Å². The number of piperidine rings is 1. The molecule has 1 unspecified atom stereocenters. The molecule has 2 aromatic rings. The van der Waals surface area contributed by atoms with Gasteiger partial charge in [-0.2, -0.15) is 0 Å². The second-order valence-electron chi connectivity index (χ2n) is 8.25. The van der Waals surface area contributed by atoms with Gasteiger partial charge in [-0.05, 0) is 55.8 Å². The van der Waals surface area contributed by atoms with Gasteiger partial charge in [-0.25, -0.2) is 12.7 Å². The largest absolute Gasteiger partial charge is 0.497 e. The van der Waals surface area contributed by atoms with Crippen molar-refractivity contribution in [2.75, 3.05) is 47.4 Å². The molecule has 1 atom stereocenters. The number of likely N-dealkylation sites (tertiary alicyclic amines) is 1. The Morgan fingerprint density at radius 3 is 2.41 bits per heavy atom. The topological polar surface area (TPSA) is 78.9 Å². The number of Topliss-reactive ketones (excluding diaryl/α,β-unsaturated/α-hetero) is 1. The number of hydrogen-bond donors (Lipinski definition) is 1. The molecule has 1 aliphatic rings. The van der Waals surface area contributed by atoms with Crippen LogP contribution in [0.5, 0.6) is 5.75 Å². The van der Waals surface area contributed by atoms with Crippen LogP contribution in [0.1, 0.15) is 41.2 Å². The van der Waals surface area contributed by atoms with Crippen molar-refractivity contribution in [3.8, 4) is 5.75 Å². The lowest BCUT2D eigenvalue weighted by Gasteiger charge is -2.35. The zero-order chi connectivity index (χ0) is 23.1. The van der Waals surface area contributed by atoms with Crippen LogP contribution in [0.25, 0.3) is 0 Å². The number of methoxy groups -OCH3 is 1. The molecular weight excluding hydrogens is 426 g/mol. The molecular formula is C24H33N3O4S. The second-order valence-corrected chi connectivity index (χ2v) is 10.4. The van der Waals surface area contributed by atoms with Gasteiger partial charge in [0.25, 0.3) is 0 Å². The van der Waals surface area contributed by atoms with Crippen LogP contribution in [0, 0.1) is 0 Å². The zero-order valence-corrected chi connectivity index (χ0v) is 19.9. The van der Waals surface area contributed by atoms with Crippen LogP contribution in [-0.2, 0) is 10.0 Å². The molecule has 8 heteroatoms. The van der Waals surface area contributed by atoms with Crippen LogP contribution < -0.4 is 10.1 Å². The highest BCUT2D eigenvalue weighted by atomic mass is 32.2. The molecule has 0 bridgehead atoms. The van der Waals surface area contributed by atoms with Crippen molar-refractivity contribution < 1.29 is 17.9 Å². The molecule has 2 aromatic carbocycles. The molecule has 1 aliphatic heterocycles. The summed E-state index contributed by atoms with van der Waals surface area (Å²) in [5, 5.41) is 3.31. The predicted octanol–water partition coefficient (Wildman–Crippen LogP) is 2.95. The van der Waals surface area contributed by atoms with E-state index in [1.807, 2.05) is 12.1 Å². The van der Waals surface area contributed by atoms with Gasteiger partial charge in [0.15, 0.2) is 5.78 Å². The molecule has 1 saturated heterocycles. The van der Waals surface area contributed by atoms with Gasteiger partial charge in [-0.15, -0.1) is 0 Å². The molecule has 3 rings (SSSR count). The Kier molecular flexibility index (Phi) is 8.42. The third-order valence-electron chi connectivity index (χ3n) is 5.89. The van der Waals surface area contributed by atoms with E-state index in [1.165, 1.54) is 51.1 Å². The first-order valence-electron chi connectivity index (χ1n) is 11.0. The number of carbonyl (C=O) groups excluding carboxylic acids is 1. The van der Waals surface area contributed by atoms with E-state index >= 15 is 0 Å². The Morgan fingerprint density at radius 2 is 1.78 bits per heavy atom. The molecule has 0 aliphatic carbocycles. The Labute approximate surface area is 191 Å². The first-order chi connectivity index (χ1) is 15.3. The molecule has 0 saturated carbocycles. The number of carbonyl (C=O) groups is 1. The fourth-order valence-corrected chi connectivity index (χ4v) is 4.93. The second kappa shape index (κ2) is 11.0. The highest BCUT2D eigenvalue weighted by molar-refractivity contribution is 7.89. The van der Waals surface area contributed by atoms with Gasteiger partial charge in [-0.1, -0.05) is 30.7 Å². The van der Waals surface area contributed by atoms with Gasteiger partial charge in [0.1, 0.15) is 5.75 Å². The van der Waals surface area contributed by atoms with E-state index in [9.17, 15) is 13.2 Å². The van der Waals surface area contributed by atoms with Crippen molar-refractivity contribution in [3.63, 3.8) is 0 Å². The lowest BCUT2D eigenvalue weighted by Crippen LogP contribution is -2.40. The number of hydrogen-bond acceptors (Lipinski definition) is 6. The van der Waals surface area contributed by atoms with Gasteiger partial charge >= 0.3 is 0 Å². The van der Waals surface area contributed by atoms with Crippen molar-refractivity contribution in [2.24, 2.45) is 0 Å². The number of ether oxygens (including phenoxy) is 1. The van der Waals surface area contributed by atoms with Crippen molar-refractivity contribution in [1.82, 2.24) is 14.5 Å². The van der Waals surface area contributed by atoms with Crippen molar-refractivity contribution in [3.05, 3.63) is 59.7 Å². The van der Waals surface area contributed by atoms with Crippen LogP contribution in [0.15, 0.2) is 53.4 Å². The number of rotatable bonds is 10. The fraction of sp³-hybridized carbons (Fsp3) is 0.458.